The number of amides is 1. The lowest BCUT2D eigenvalue weighted by atomic mass is 10.1. The van der Waals surface area contributed by atoms with Gasteiger partial charge in [0.05, 0.1) is 17.4 Å². The first-order valence-electron chi connectivity index (χ1n) is 9.92. The van der Waals surface area contributed by atoms with Gasteiger partial charge in [-0.15, -0.1) is 5.10 Å². The number of nitrogens with one attached hydrogen (secondary N) is 2. The second-order valence-electron chi connectivity index (χ2n) is 7.42. The smallest absolute Gasteiger partial charge is 0.257 e. The number of hydrogen-bond donors (Lipinski definition) is 3. The molecule has 3 aromatic heterocycles. The van der Waals surface area contributed by atoms with Crippen LogP contribution in [0.2, 0.25) is 0 Å². The maximum Gasteiger partial charge on any atom is 0.257 e. The molecule has 5 rings (SSSR count). The van der Waals surface area contributed by atoms with E-state index >= 15 is 0 Å². The molecule has 0 bridgehead atoms. The average molecular weight is 424 g/mol. The number of halogens is 1. The number of anilines is 2. The number of aromatic nitrogens is 5. The summed E-state index contributed by atoms with van der Waals surface area (Å²) in [5.41, 5.74) is 2.22. The Morgan fingerprint density at radius 1 is 1.26 bits per heavy atom. The lowest BCUT2D eigenvalue weighted by molar-refractivity contribution is 0.102. The van der Waals surface area contributed by atoms with Crippen molar-refractivity contribution in [3.63, 3.8) is 0 Å². The van der Waals surface area contributed by atoms with Crippen LogP contribution in [0.15, 0.2) is 30.6 Å². The van der Waals surface area contributed by atoms with Crippen LogP contribution in [-0.2, 0) is 13.7 Å². The molecule has 0 radical (unpaired) electrons. The van der Waals surface area contributed by atoms with Gasteiger partial charge in [-0.05, 0) is 12.1 Å². The quantitative estimate of drug-likeness (QED) is 0.446. The standard InChI is InChI=1S/C20H21FN8O2/c1-27-10-14-16(28-6-4-22-5-7-28)3-2-13(18(14)26-27)20(31)23-12-8-15(21)19-24-17(11-30)25-29(19)9-12/h2-3,8-10,22,30H,4-7,11H2,1H3,(H,23,31). The molecule has 10 nitrogen and oxygen atoms in total. The Morgan fingerprint density at radius 2 is 2.06 bits per heavy atom. The van der Waals surface area contributed by atoms with Crippen molar-refractivity contribution in [3.8, 4) is 0 Å². The minimum Gasteiger partial charge on any atom is -0.388 e. The number of aryl methyl sites for hydroxylation is 1. The molecule has 0 spiro atoms. The maximum absolute atomic E-state index is 14.4. The first-order valence-corrected chi connectivity index (χ1v) is 9.92. The molecule has 1 fully saturated rings. The van der Waals surface area contributed by atoms with Crippen molar-refractivity contribution in [2.75, 3.05) is 36.4 Å². The minimum atomic E-state index is -0.651. The summed E-state index contributed by atoms with van der Waals surface area (Å²) in [6.07, 6.45) is 3.36. The van der Waals surface area contributed by atoms with Crippen molar-refractivity contribution in [3.05, 3.63) is 47.8 Å². The molecule has 1 aliphatic rings. The molecule has 1 amide bonds. The van der Waals surface area contributed by atoms with E-state index in [-0.39, 0.29) is 17.2 Å². The highest BCUT2D eigenvalue weighted by Gasteiger charge is 2.20. The number of aliphatic hydroxyl groups excluding tert-OH is 1. The summed E-state index contributed by atoms with van der Waals surface area (Å²) in [6.45, 7) is 3.15. The van der Waals surface area contributed by atoms with Gasteiger partial charge in [0.25, 0.3) is 5.91 Å². The zero-order valence-electron chi connectivity index (χ0n) is 16.8. The summed E-state index contributed by atoms with van der Waals surface area (Å²) in [5, 5.41) is 24.6. The Morgan fingerprint density at radius 3 is 2.84 bits per heavy atom. The molecule has 1 saturated heterocycles. The number of pyridine rings is 1. The van der Waals surface area contributed by atoms with E-state index < -0.39 is 18.3 Å². The SMILES string of the molecule is Cn1cc2c(N3CCNCC3)ccc(C(=O)Nc3cc(F)c4nc(CO)nn4c3)c2n1. The highest BCUT2D eigenvalue weighted by Crippen LogP contribution is 2.29. The molecule has 160 valence electrons. The molecule has 11 heteroatoms. The molecule has 0 atom stereocenters. The van der Waals surface area contributed by atoms with Crippen molar-refractivity contribution in [2.45, 2.75) is 6.61 Å². The lowest BCUT2D eigenvalue weighted by Crippen LogP contribution is -2.43. The Hall–Kier alpha value is -3.57. The van der Waals surface area contributed by atoms with Crippen LogP contribution in [0.5, 0.6) is 0 Å². The molecule has 0 saturated carbocycles. The second kappa shape index (κ2) is 7.60. The highest BCUT2D eigenvalue weighted by molar-refractivity contribution is 6.13. The zero-order chi connectivity index (χ0) is 21.5. The highest BCUT2D eigenvalue weighted by atomic mass is 19.1. The number of piperazine rings is 1. The number of carbonyl (C=O) groups is 1. The van der Waals surface area contributed by atoms with E-state index in [1.807, 2.05) is 19.3 Å². The Bertz CT molecular complexity index is 1290. The Balaban J connectivity index is 1.49. The van der Waals surface area contributed by atoms with Gasteiger partial charge in [0.1, 0.15) is 12.1 Å². The van der Waals surface area contributed by atoms with E-state index in [1.54, 1.807) is 10.7 Å². The number of hydrogen-bond acceptors (Lipinski definition) is 7. The van der Waals surface area contributed by atoms with Crippen molar-refractivity contribution in [1.82, 2.24) is 29.7 Å². The van der Waals surface area contributed by atoms with Crippen molar-refractivity contribution < 1.29 is 14.3 Å². The first kappa shape index (κ1) is 19.4. The molecule has 0 aliphatic carbocycles. The molecule has 31 heavy (non-hydrogen) atoms. The van der Waals surface area contributed by atoms with E-state index in [4.69, 9.17) is 5.11 Å². The van der Waals surface area contributed by atoms with Gasteiger partial charge in [0.15, 0.2) is 17.3 Å². The molecule has 0 unspecified atom stereocenters. The summed E-state index contributed by atoms with van der Waals surface area (Å²) >= 11 is 0. The summed E-state index contributed by atoms with van der Waals surface area (Å²) in [6, 6.07) is 4.85. The number of fused-ring (bicyclic) bond motifs is 2. The van der Waals surface area contributed by atoms with Gasteiger partial charge in [-0.1, -0.05) is 0 Å². The predicted molar refractivity (Wildman–Crippen MR) is 113 cm³/mol. The fraction of sp³-hybridized carbons (Fsp3) is 0.300. The third-order valence-corrected chi connectivity index (χ3v) is 5.30. The van der Waals surface area contributed by atoms with Gasteiger partial charge in [-0.2, -0.15) is 5.10 Å². The number of rotatable bonds is 4. The molecule has 4 heterocycles. The summed E-state index contributed by atoms with van der Waals surface area (Å²) < 4.78 is 17.3. The predicted octanol–water partition coefficient (Wildman–Crippen LogP) is 0.909. The third-order valence-electron chi connectivity index (χ3n) is 5.30. The third kappa shape index (κ3) is 3.47. The molecule has 1 aromatic carbocycles. The first-order chi connectivity index (χ1) is 15.0. The summed E-state index contributed by atoms with van der Waals surface area (Å²) in [7, 11) is 1.82. The lowest BCUT2D eigenvalue weighted by Gasteiger charge is -2.30. The van der Waals surface area contributed by atoms with Crippen LogP contribution in [-0.4, -0.2) is 61.6 Å². The van der Waals surface area contributed by atoms with Crippen LogP contribution in [0.3, 0.4) is 0 Å². The number of nitrogens with zero attached hydrogens (tertiary/aromatic N) is 6. The van der Waals surface area contributed by atoms with Crippen LogP contribution >= 0.6 is 0 Å². The van der Waals surface area contributed by atoms with Crippen molar-refractivity contribution >= 4 is 33.8 Å². The van der Waals surface area contributed by atoms with Crippen LogP contribution in [0, 0.1) is 5.82 Å². The topological polar surface area (TPSA) is 113 Å². The van der Waals surface area contributed by atoms with Crippen molar-refractivity contribution in [1.29, 1.82) is 0 Å². The number of carbonyl (C=O) groups excluding carboxylic acids is 1. The fourth-order valence-electron chi connectivity index (χ4n) is 3.89. The molecule has 3 N–H and O–H groups in total. The largest absolute Gasteiger partial charge is 0.388 e. The summed E-state index contributed by atoms with van der Waals surface area (Å²) in [4.78, 5) is 19.2. The zero-order valence-corrected chi connectivity index (χ0v) is 16.8. The molecule has 4 aromatic rings. The maximum atomic E-state index is 14.4. The molecule has 1 aliphatic heterocycles. The van der Waals surface area contributed by atoms with E-state index in [9.17, 15) is 9.18 Å². The van der Waals surface area contributed by atoms with Gasteiger partial charge >= 0.3 is 0 Å². The second-order valence-corrected chi connectivity index (χ2v) is 7.42. The van der Waals surface area contributed by atoms with Gasteiger partial charge in [-0.25, -0.2) is 13.9 Å². The van der Waals surface area contributed by atoms with Gasteiger partial charge in [0.2, 0.25) is 0 Å². The molecular weight excluding hydrogens is 403 g/mol. The normalized spacial score (nSPS) is 14.5. The minimum absolute atomic E-state index is 0.0189. The van der Waals surface area contributed by atoms with Crippen LogP contribution in [0.25, 0.3) is 16.6 Å². The van der Waals surface area contributed by atoms with Gasteiger partial charge < -0.3 is 20.6 Å². The van der Waals surface area contributed by atoms with Crippen molar-refractivity contribution in [2.24, 2.45) is 7.05 Å². The fourth-order valence-corrected chi connectivity index (χ4v) is 3.89. The Labute approximate surface area is 176 Å². The van der Waals surface area contributed by atoms with E-state index in [0.29, 0.717) is 11.1 Å². The Kier molecular flexibility index (Phi) is 4.75. The number of benzene rings is 1. The number of aliphatic hydroxyl groups is 1. The van der Waals surface area contributed by atoms with E-state index in [2.05, 4.69) is 30.7 Å². The molecular formula is C20H21FN8O2. The monoisotopic (exact) mass is 424 g/mol. The van der Waals surface area contributed by atoms with Crippen LogP contribution < -0.4 is 15.5 Å². The van der Waals surface area contributed by atoms with Crippen LogP contribution in [0.1, 0.15) is 16.2 Å². The summed E-state index contributed by atoms with van der Waals surface area (Å²) in [5.74, 6) is -0.958. The van der Waals surface area contributed by atoms with Gasteiger partial charge in [0, 0.05) is 56.6 Å². The average Bonchev–Trinajstić information content (AvgIpc) is 3.36. The van der Waals surface area contributed by atoms with Gasteiger partial charge in [-0.3, -0.25) is 9.48 Å². The van der Waals surface area contributed by atoms with E-state index in [1.165, 1.54) is 16.8 Å². The van der Waals surface area contributed by atoms with E-state index in [0.717, 1.165) is 37.3 Å². The van der Waals surface area contributed by atoms with Crippen LogP contribution in [0.4, 0.5) is 15.8 Å².